The molecule has 9 heavy (non-hydrogen) atoms. The molecule has 0 aromatic heterocycles. The summed E-state index contributed by atoms with van der Waals surface area (Å²) >= 11 is 0. The van der Waals surface area contributed by atoms with Gasteiger partial charge >= 0.3 is 6.09 Å². The Balaban J connectivity index is 2.60. The number of hydrogen-bond donors (Lipinski definition) is 1. The Morgan fingerprint density at radius 3 is 2.89 bits per heavy atom. The summed E-state index contributed by atoms with van der Waals surface area (Å²) in [7, 11) is 0. The molecule has 0 bridgehead atoms. The van der Waals surface area contributed by atoms with Crippen LogP contribution in [-0.2, 0) is 0 Å². The Morgan fingerprint density at radius 2 is 2.56 bits per heavy atom. The lowest BCUT2D eigenvalue weighted by Crippen LogP contribution is -2.23. The summed E-state index contributed by atoms with van der Waals surface area (Å²) in [5.41, 5.74) is 0. The van der Waals surface area contributed by atoms with E-state index in [1.54, 1.807) is 6.08 Å². The second-order valence-electron chi connectivity index (χ2n) is 1.56. The molecule has 1 N–H and O–H groups in total. The highest BCUT2D eigenvalue weighted by atomic mass is 16.4. The molecule has 0 unspecified atom stereocenters. The summed E-state index contributed by atoms with van der Waals surface area (Å²) < 4.78 is 0. The predicted octanol–water partition coefficient (Wildman–Crippen LogP) is 0.522. The van der Waals surface area contributed by atoms with Crippen LogP contribution in [0.15, 0.2) is 17.3 Å². The topological polar surface area (TPSA) is 52.9 Å². The predicted molar refractivity (Wildman–Crippen MR) is 32.4 cm³/mol. The van der Waals surface area contributed by atoms with Gasteiger partial charge in [-0.05, 0) is 6.08 Å². The minimum atomic E-state index is -1.00. The first-order valence-corrected chi connectivity index (χ1v) is 2.48. The fraction of sp³-hybridized carbons (Fsp3) is 0.200. The van der Waals surface area contributed by atoms with Crippen LogP contribution in [0, 0.1) is 0 Å². The normalized spacial score (nSPS) is 16.2. The fourth-order valence-corrected chi connectivity index (χ4v) is 0.508. The molecule has 4 heteroatoms. The molecule has 0 saturated carbocycles. The molecule has 1 rings (SSSR count). The maximum Gasteiger partial charge on any atom is 0.416 e. The standard InChI is InChI=1S/C5H6N2O2/c8-5(9)7-3-1-2-6-4-7/h1,3-4H,2H2,(H,8,9). The molecule has 0 aliphatic carbocycles. The summed E-state index contributed by atoms with van der Waals surface area (Å²) in [4.78, 5) is 14.9. The van der Waals surface area contributed by atoms with E-state index in [-0.39, 0.29) is 0 Å². The average molecular weight is 126 g/mol. The van der Waals surface area contributed by atoms with E-state index in [0.717, 1.165) is 4.90 Å². The van der Waals surface area contributed by atoms with Crippen molar-refractivity contribution in [2.45, 2.75) is 0 Å². The van der Waals surface area contributed by atoms with E-state index < -0.39 is 6.09 Å². The Bertz CT molecular complexity index is 162. The van der Waals surface area contributed by atoms with Gasteiger partial charge in [-0.15, -0.1) is 0 Å². The van der Waals surface area contributed by atoms with Crippen molar-refractivity contribution in [3.8, 4) is 0 Å². The van der Waals surface area contributed by atoms with Gasteiger partial charge in [0.05, 0.1) is 12.9 Å². The summed E-state index contributed by atoms with van der Waals surface area (Å²) in [5, 5.41) is 8.32. The molecular weight excluding hydrogens is 120 g/mol. The van der Waals surface area contributed by atoms with Gasteiger partial charge in [0.2, 0.25) is 0 Å². The van der Waals surface area contributed by atoms with Gasteiger partial charge < -0.3 is 5.11 Å². The fourth-order valence-electron chi connectivity index (χ4n) is 0.508. The van der Waals surface area contributed by atoms with E-state index >= 15 is 0 Å². The van der Waals surface area contributed by atoms with Gasteiger partial charge in [-0.2, -0.15) is 0 Å². The van der Waals surface area contributed by atoms with E-state index in [0.29, 0.717) is 6.54 Å². The third-order valence-corrected chi connectivity index (χ3v) is 0.904. The number of amides is 1. The number of carbonyl (C=O) groups is 1. The van der Waals surface area contributed by atoms with Crippen LogP contribution in [0.4, 0.5) is 4.79 Å². The Labute approximate surface area is 52.1 Å². The van der Waals surface area contributed by atoms with Gasteiger partial charge in [0.1, 0.15) is 0 Å². The first kappa shape index (κ1) is 5.81. The molecular formula is C5H6N2O2. The van der Waals surface area contributed by atoms with Crippen LogP contribution in [0.3, 0.4) is 0 Å². The van der Waals surface area contributed by atoms with Gasteiger partial charge in [0, 0.05) is 6.20 Å². The van der Waals surface area contributed by atoms with Crippen molar-refractivity contribution >= 4 is 12.4 Å². The molecule has 0 atom stereocenters. The van der Waals surface area contributed by atoms with Crippen LogP contribution in [0.2, 0.25) is 0 Å². The summed E-state index contributed by atoms with van der Waals surface area (Å²) in [6.07, 6.45) is 3.42. The van der Waals surface area contributed by atoms with Gasteiger partial charge in [0.25, 0.3) is 0 Å². The average Bonchev–Trinajstić information content (AvgIpc) is 1.90. The third-order valence-electron chi connectivity index (χ3n) is 0.904. The van der Waals surface area contributed by atoms with Crippen molar-refractivity contribution in [1.82, 2.24) is 4.90 Å². The quantitative estimate of drug-likeness (QED) is 0.514. The highest BCUT2D eigenvalue weighted by molar-refractivity contribution is 5.82. The van der Waals surface area contributed by atoms with Crippen molar-refractivity contribution < 1.29 is 9.90 Å². The number of aliphatic imine (C=N–C) groups is 1. The second kappa shape index (κ2) is 2.30. The maximum atomic E-state index is 10.1. The van der Waals surface area contributed by atoms with Crippen LogP contribution in [0.5, 0.6) is 0 Å². The van der Waals surface area contributed by atoms with Crippen molar-refractivity contribution in [2.75, 3.05) is 6.54 Å². The largest absolute Gasteiger partial charge is 0.464 e. The van der Waals surface area contributed by atoms with Crippen molar-refractivity contribution in [2.24, 2.45) is 4.99 Å². The van der Waals surface area contributed by atoms with Crippen LogP contribution in [0.1, 0.15) is 0 Å². The molecule has 1 heterocycles. The number of hydrogen-bond acceptors (Lipinski definition) is 2. The molecule has 0 spiro atoms. The zero-order valence-electron chi connectivity index (χ0n) is 4.69. The molecule has 0 saturated heterocycles. The van der Waals surface area contributed by atoms with E-state index in [9.17, 15) is 4.79 Å². The van der Waals surface area contributed by atoms with Crippen LogP contribution in [0.25, 0.3) is 0 Å². The van der Waals surface area contributed by atoms with Crippen LogP contribution >= 0.6 is 0 Å². The van der Waals surface area contributed by atoms with Crippen LogP contribution in [-0.4, -0.2) is 29.0 Å². The minimum Gasteiger partial charge on any atom is -0.464 e. The monoisotopic (exact) mass is 126 g/mol. The molecule has 1 aliphatic rings. The molecule has 0 fully saturated rings. The lowest BCUT2D eigenvalue weighted by atomic mass is 10.5. The highest BCUT2D eigenvalue weighted by Gasteiger charge is 2.04. The summed E-state index contributed by atoms with van der Waals surface area (Å²) in [5.74, 6) is 0. The van der Waals surface area contributed by atoms with Gasteiger partial charge in [-0.1, -0.05) is 0 Å². The SMILES string of the molecule is O=C(O)N1C=CCN=C1. The Hall–Kier alpha value is -1.32. The van der Waals surface area contributed by atoms with Crippen molar-refractivity contribution in [3.05, 3.63) is 12.3 Å². The van der Waals surface area contributed by atoms with E-state index in [1.807, 2.05) is 0 Å². The second-order valence-corrected chi connectivity index (χ2v) is 1.56. The molecule has 1 amide bonds. The first-order valence-electron chi connectivity index (χ1n) is 2.48. The van der Waals surface area contributed by atoms with Crippen molar-refractivity contribution in [1.29, 1.82) is 0 Å². The van der Waals surface area contributed by atoms with Crippen molar-refractivity contribution in [3.63, 3.8) is 0 Å². The van der Waals surface area contributed by atoms with E-state index in [1.165, 1.54) is 12.5 Å². The van der Waals surface area contributed by atoms with Gasteiger partial charge in [0.15, 0.2) is 0 Å². The van der Waals surface area contributed by atoms with Crippen LogP contribution < -0.4 is 0 Å². The molecule has 0 aromatic carbocycles. The molecule has 4 nitrogen and oxygen atoms in total. The molecule has 1 aliphatic heterocycles. The summed E-state index contributed by atoms with van der Waals surface area (Å²) in [6.45, 7) is 0.573. The maximum absolute atomic E-state index is 10.1. The Morgan fingerprint density at radius 1 is 1.78 bits per heavy atom. The minimum absolute atomic E-state index is 0.573. The molecule has 48 valence electrons. The number of rotatable bonds is 0. The summed E-state index contributed by atoms with van der Waals surface area (Å²) in [6, 6.07) is 0. The number of nitrogens with zero attached hydrogens (tertiary/aromatic N) is 2. The molecule has 0 aromatic rings. The smallest absolute Gasteiger partial charge is 0.416 e. The van der Waals surface area contributed by atoms with E-state index in [4.69, 9.17) is 5.11 Å². The first-order chi connectivity index (χ1) is 4.30. The van der Waals surface area contributed by atoms with E-state index in [2.05, 4.69) is 4.99 Å². The number of carboxylic acid groups (broad SMARTS) is 1. The Kier molecular flexibility index (Phi) is 1.48. The lowest BCUT2D eigenvalue weighted by molar-refractivity contribution is 0.180. The highest BCUT2D eigenvalue weighted by Crippen LogP contribution is 1.92. The zero-order chi connectivity index (χ0) is 6.69. The van der Waals surface area contributed by atoms with Gasteiger partial charge in [-0.25, -0.2) is 9.69 Å². The third kappa shape index (κ3) is 1.28. The van der Waals surface area contributed by atoms with Gasteiger partial charge in [-0.3, -0.25) is 4.99 Å². The lowest BCUT2D eigenvalue weighted by Gasteiger charge is -2.08. The molecule has 0 radical (unpaired) electrons. The zero-order valence-corrected chi connectivity index (χ0v) is 4.69.